The first kappa shape index (κ1) is 15.1. The van der Waals surface area contributed by atoms with Crippen molar-refractivity contribution in [2.24, 2.45) is 0 Å². The van der Waals surface area contributed by atoms with Gasteiger partial charge in [0.05, 0.1) is 0 Å². The Morgan fingerprint density at radius 1 is 1.05 bits per heavy atom. The molecule has 1 fully saturated rings. The third-order valence-electron chi connectivity index (χ3n) is 4.43. The summed E-state index contributed by atoms with van der Waals surface area (Å²) < 4.78 is 5.90. The van der Waals surface area contributed by atoms with Crippen LogP contribution in [0.3, 0.4) is 0 Å². The predicted molar refractivity (Wildman–Crippen MR) is 92.6 cm³/mol. The number of benzene rings is 2. The highest BCUT2D eigenvalue weighted by Crippen LogP contribution is 2.29. The van der Waals surface area contributed by atoms with Crippen molar-refractivity contribution in [1.29, 1.82) is 0 Å². The lowest BCUT2D eigenvalue weighted by Crippen LogP contribution is -2.28. The van der Waals surface area contributed by atoms with E-state index >= 15 is 0 Å². The summed E-state index contributed by atoms with van der Waals surface area (Å²) in [6, 6.07) is 13.5. The van der Waals surface area contributed by atoms with Crippen LogP contribution in [0, 0.1) is 20.8 Å². The molecular weight excluding hydrogens is 270 g/mol. The molecule has 0 bridgehead atoms. The minimum Gasteiger partial charge on any atom is -0.492 e. The van der Waals surface area contributed by atoms with Crippen LogP contribution in [0.2, 0.25) is 0 Å². The van der Waals surface area contributed by atoms with Gasteiger partial charge >= 0.3 is 0 Å². The van der Waals surface area contributed by atoms with Crippen LogP contribution in [-0.4, -0.2) is 19.2 Å². The van der Waals surface area contributed by atoms with E-state index in [9.17, 15) is 0 Å². The summed E-state index contributed by atoms with van der Waals surface area (Å²) in [6.07, 6.45) is 2.48. The second kappa shape index (κ2) is 6.53. The van der Waals surface area contributed by atoms with E-state index in [2.05, 4.69) is 62.5 Å². The summed E-state index contributed by atoms with van der Waals surface area (Å²) in [6.45, 7) is 8.41. The molecule has 2 aromatic rings. The van der Waals surface area contributed by atoms with Crippen LogP contribution in [0.5, 0.6) is 5.75 Å². The Morgan fingerprint density at radius 3 is 2.32 bits per heavy atom. The molecule has 1 N–H and O–H groups in total. The molecule has 0 aliphatic carbocycles. The zero-order chi connectivity index (χ0) is 15.5. The molecule has 1 aliphatic rings. The Hall–Kier alpha value is -1.80. The highest BCUT2D eigenvalue weighted by atomic mass is 16.5. The topological polar surface area (TPSA) is 21.3 Å². The largest absolute Gasteiger partial charge is 0.492 e. The molecule has 2 aromatic carbocycles. The van der Waals surface area contributed by atoms with E-state index in [1.807, 2.05) is 0 Å². The van der Waals surface area contributed by atoms with Crippen LogP contribution in [0.15, 0.2) is 36.4 Å². The SMILES string of the molecule is Cc1cc(C)c(-c2ccc(OC[C@H]3CCCN3)cc2)c(C)c1. The van der Waals surface area contributed by atoms with Crippen molar-refractivity contribution < 1.29 is 4.74 Å². The van der Waals surface area contributed by atoms with Crippen LogP contribution in [0.4, 0.5) is 0 Å². The molecule has 0 amide bonds. The van der Waals surface area contributed by atoms with Gasteiger partial charge in [-0.1, -0.05) is 29.8 Å². The summed E-state index contributed by atoms with van der Waals surface area (Å²) in [4.78, 5) is 0. The van der Waals surface area contributed by atoms with E-state index in [0.29, 0.717) is 6.04 Å². The van der Waals surface area contributed by atoms with Crippen molar-refractivity contribution in [3.05, 3.63) is 53.1 Å². The number of hydrogen-bond acceptors (Lipinski definition) is 2. The van der Waals surface area contributed by atoms with Crippen LogP contribution < -0.4 is 10.1 Å². The average molecular weight is 295 g/mol. The van der Waals surface area contributed by atoms with Crippen molar-refractivity contribution in [2.45, 2.75) is 39.7 Å². The zero-order valence-electron chi connectivity index (χ0n) is 13.8. The minimum atomic E-state index is 0.515. The van der Waals surface area contributed by atoms with Gasteiger partial charge in [0.25, 0.3) is 0 Å². The molecule has 2 heteroatoms. The third-order valence-corrected chi connectivity index (χ3v) is 4.43. The molecule has 1 aliphatic heterocycles. The summed E-state index contributed by atoms with van der Waals surface area (Å²) in [5, 5.41) is 3.46. The van der Waals surface area contributed by atoms with Crippen molar-refractivity contribution in [3.8, 4) is 16.9 Å². The lowest BCUT2D eigenvalue weighted by molar-refractivity contribution is 0.277. The monoisotopic (exact) mass is 295 g/mol. The predicted octanol–water partition coefficient (Wildman–Crippen LogP) is 4.41. The van der Waals surface area contributed by atoms with Gasteiger partial charge in [0, 0.05) is 6.04 Å². The Bertz CT molecular complexity index is 616. The number of ether oxygens (including phenoxy) is 1. The van der Waals surface area contributed by atoms with Gasteiger partial charge in [0.15, 0.2) is 0 Å². The quantitative estimate of drug-likeness (QED) is 0.902. The van der Waals surface area contributed by atoms with Crippen LogP contribution in [0.25, 0.3) is 11.1 Å². The van der Waals surface area contributed by atoms with E-state index in [1.54, 1.807) is 0 Å². The summed E-state index contributed by atoms with van der Waals surface area (Å²) in [5.74, 6) is 0.958. The maximum absolute atomic E-state index is 5.90. The van der Waals surface area contributed by atoms with E-state index in [0.717, 1.165) is 18.9 Å². The van der Waals surface area contributed by atoms with Gasteiger partial charge < -0.3 is 10.1 Å². The molecule has 0 spiro atoms. The lowest BCUT2D eigenvalue weighted by atomic mass is 9.94. The van der Waals surface area contributed by atoms with Crippen LogP contribution >= 0.6 is 0 Å². The summed E-state index contributed by atoms with van der Waals surface area (Å²) >= 11 is 0. The molecule has 0 radical (unpaired) electrons. The van der Waals surface area contributed by atoms with Gasteiger partial charge in [-0.25, -0.2) is 0 Å². The fraction of sp³-hybridized carbons (Fsp3) is 0.400. The molecule has 0 aromatic heterocycles. The molecule has 22 heavy (non-hydrogen) atoms. The van der Waals surface area contributed by atoms with Gasteiger partial charge in [-0.3, -0.25) is 0 Å². The molecule has 0 unspecified atom stereocenters. The smallest absolute Gasteiger partial charge is 0.119 e. The Morgan fingerprint density at radius 2 is 1.73 bits per heavy atom. The summed E-state index contributed by atoms with van der Waals surface area (Å²) in [5.41, 5.74) is 6.60. The fourth-order valence-electron chi connectivity index (χ4n) is 3.45. The first-order valence-electron chi connectivity index (χ1n) is 8.18. The molecule has 0 saturated carbocycles. The van der Waals surface area contributed by atoms with Gasteiger partial charge in [0.2, 0.25) is 0 Å². The van der Waals surface area contributed by atoms with Gasteiger partial charge in [-0.15, -0.1) is 0 Å². The van der Waals surface area contributed by atoms with Crippen LogP contribution in [0.1, 0.15) is 29.5 Å². The van der Waals surface area contributed by atoms with Crippen molar-refractivity contribution in [3.63, 3.8) is 0 Å². The Labute approximate surface area is 133 Å². The maximum atomic E-state index is 5.90. The second-order valence-electron chi connectivity index (χ2n) is 6.40. The Balaban J connectivity index is 1.74. The maximum Gasteiger partial charge on any atom is 0.119 e. The number of rotatable bonds is 4. The third kappa shape index (κ3) is 3.33. The summed E-state index contributed by atoms with van der Waals surface area (Å²) in [7, 11) is 0. The first-order chi connectivity index (χ1) is 10.6. The minimum absolute atomic E-state index is 0.515. The van der Waals surface area contributed by atoms with Crippen molar-refractivity contribution in [2.75, 3.05) is 13.2 Å². The highest BCUT2D eigenvalue weighted by molar-refractivity contribution is 5.71. The molecule has 116 valence electrons. The highest BCUT2D eigenvalue weighted by Gasteiger charge is 2.14. The van der Waals surface area contributed by atoms with Crippen molar-refractivity contribution >= 4 is 0 Å². The van der Waals surface area contributed by atoms with E-state index < -0.39 is 0 Å². The number of aryl methyl sites for hydroxylation is 3. The van der Waals surface area contributed by atoms with E-state index in [1.165, 1.54) is 40.7 Å². The molecule has 1 heterocycles. The molecular formula is C20H25NO. The lowest BCUT2D eigenvalue weighted by Gasteiger charge is -2.14. The first-order valence-corrected chi connectivity index (χ1v) is 8.18. The van der Waals surface area contributed by atoms with Gasteiger partial charge in [0.1, 0.15) is 12.4 Å². The molecule has 1 saturated heterocycles. The molecule has 3 rings (SSSR count). The normalized spacial score (nSPS) is 17.7. The van der Waals surface area contributed by atoms with Gasteiger partial charge in [-0.05, 0) is 74.5 Å². The van der Waals surface area contributed by atoms with E-state index in [4.69, 9.17) is 4.74 Å². The van der Waals surface area contributed by atoms with Crippen molar-refractivity contribution in [1.82, 2.24) is 5.32 Å². The molecule has 2 nitrogen and oxygen atoms in total. The average Bonchev–Trinajstić information content (AvgIpc) is 2.98. The number of hydrogen-bond donors (Lipinski definition) is 1. The molecule has 1 atom stereocenters. The fourth-order valence-corrected chi connectivity index (χ4v) is 3.45. The second-order valence-corrected chi connectivity index (χ2v) is 6.40. The zero-order valence-corrected chi connectivity index (χ0v) is 13.8. The standard InChI is InChI=1S/C20H25NO/c1-14-11-15(2)20(16(3)12-14)17-6-8-19(9-7-17)22-13-18-5-4-10-21-18/h6-9,11-12,18,21H,4-5,10,13H2,1-3H3/t18-/m1/s1. The van der Waals surface area contributed by atoms with E-state index in [-0.39, 0.29) is 0 Å². The number of nitrogens with one attached hydrogen (secondary N) is 1. The van der Waals surface area contributed by atoms with Gasteiger partial charge in [-0.2, -0.15) is 0 Å². The van der Waals surface area contributed by atoms with Crippen LogP contribution in [-0.2, 0) is 0 Å². The Kier molecular flexibility index (Phi) is 4.49.